The van der Waals surface area contributed by atoms with Gasteiger partial charge in [0.05, 0.1) is 12.4 Å². The predicted molar refractivity (Wildman–Crippen MR) is 93.2 cm³/mol. The lowest BCUT2D eigenvalue weighted by molar-refractivity contribution is 0.195. The van der Waals surface area contributed by atoms with Crippen molar-refractivity contribution < 1.29 is 0 Å². The standard InChI is InChI=1S/C15H18N6S2/c1-11(19(3)10-21-15(22)23-12(2)18-21)13-4-6-14(7-5-13)20-9-16-8-17-20/h4-9,11H,10H2,1-3H3/t11-/m1/s1. The van der Waals surface area contributed by atoms with Gasteiger partial charge in [0.1, 0.15) is 17.7 Å². The first-order valence-electron chi connectivity index (χ1n) is 7.24. The van der Waals surface area contributed by atoms with Crippen molar-refractivity contribution >= 4 is 23.6 Å². The smallest absolute Gasteiger partial charge is 0.180 e. The average molecular weight is 346 g/mol. The van der Waals surface area contributed by atoms with E-state index in [1.807, 2.05) is 23.7 Å². The normalized spacial score (nSPS) is 12.7. The largest absolute Gasteiger partial charge is 0.281 e. The molecule has 2 heterocycles. The van der Waals surface area contributed by atoms with Crippen LogP contribution in [0.2, 0.25) is 0 Å². The van der Waals surface area contributed by atoms with Crippen molar-refractivity contribution in [3.63, 3.8) is 0 Å². The molecule has 8 heteroatoms. The molecule has 3 aromatic rings. The van der Waals surface area contributed by atoms with E-state index in [0.717, 1.165) is 14.6 Å². The molecule has 23 heavy (non-hydrogen) atoms. The highest BCUT2D eigenvalue weighted by molar-refractivity contribution is 7.73. The molecule has 0 amide bonds. The Balaban J connectivity index is 1.73. The van der Waals surface area contributed by atoms with Crippen molar-refractivity contribution in [2.75, 3.05) is 7.05 Å². The second-order valence-electron chi connectivity index (χ2n) is 5.39. The van der Waals surface area contributed by atoms with E-state index >= 15 is 0 Å². The minimum atomic E-state index is 0.253. The quantitative estimate of drug-likeness (QED) is 0.664. The molecule has 0 saturated carbocycles. The zero-order valence-corrected chi connectivity index (χ0v) is 14.9. The van der Waals surface area contributed by atoms with Crippen LogP contribution >= 0.6 is 23.6 Å². The Morgan fingerprint density at radius 3 is 2.61 bits per heavy atom. The molecule has 0 bridgehead atoms. The van der Waals surface area contributed by atoms with Crippen molar-refractivity contribution in [2.45, 2.75) is 26.6 Å². The molecule has 0 spiro atoms. The number of aryl methyl sites for hydroxylation is 1. The molecule has 1 aromatic carbocycles. The Labute approximate surface area is 144 Å². The Morgan fingerprint density at radius 1 is 1.30 bits per heavy atom. The number of rotatable bonds is 5. The van der Waals surface area contributed by atoms with E-state index in [9.17, 15) is 0 Å². The fraction of sp³-hybridized carbons (Fsp3) is 0.333. The van der Waals surface area contributed by atoms with Crippen LogP contribution in [0.4, 0.5) is 0 Å². The fourth-order valence-electron chi connectivity index (χ4n) is 2.34. The molecule has 0 aliphatic carbocycles. The number of aromatic nitrogens is 5. The van der Waals surface area contributed by atoms with Gasteiger partial charge in [-0.05, 0) is 50.8 Å². The first-order chi connectivity index (χ1) is 11.0. The molecule has 2 aromatic heterocycles. The molecule has 0 radical (unpaired) electrons. The number of hydrogen-bond acceptors (Lipinski definition) is 6. The summed E-state index contributed by atoms with van der Waals surface area (Å²) in [5.41, 5.74) is 2.23. The van der Waals surface area contributed by atoms with Gasteiger partial charge in [-0.1, -0.05) is 23.5 Å². The van der Waals surface area contributed by atoms with Gasteiger partial charge in [0, 0.05) is 6.04 Å². The van der Waals surface area contributed by atoms with E-state index in [-0.39, 0.29) is 6.04 Å². The summed E-state index contributed by atoms with van der Waals surface area (Å²) in [6.45, 7) is 4.83. The van der Waals surface area contributed by atoms with Gasteiger partial charge in [-0.3, -0.25) is 4.90 Å². The highest BCUT2D eigenvalue weighted by Gasteiger charge is 2.13. The molecule has 0 N–H and O–H groups in total. The van der Waals surface area contributed by atoms with Crippen molar-refractivity contribution in [3.05, 3.63) is 51.4 Å². The lowest BCUT2D eigenvalue weighted by atomic mass is 10.1. The molecular weight excluding hydrogens is 328 g/mol. The van der Waals surface area contributed by atoms with Crippen LogP contribution in [0.1, 0.15) is 23.5 Å². The molecule has 0 unspecified atom stereocenters. The van der Waals surface area contributed by atoms with Crippen molar-refractivity contribution in [1.82, 2.24) is 29.4 Å². The second kappa shape index (κ2) is 6.69. The fourth-order valence-corrected chi connectivity index (χ4v) is 3.39. The van der Waals surface area contributed by atoms with E-state index in [0.29, 0.717) is 6.67 Å². The maximum absolute atomic E-state index is 5.33. The van der Waals surface area contributed by atoms with Crippen LogP contribution in [0.5, 0.6) is 0 Å². The predicted octanol–water partition coefficient (Wildman–Crippen LogP) is 3.21. The number of hydrogen-bond donors (Lipinski definition) is 0. The van der Waals surface area contributed by atoms with Gasteiger partial charge in [-0.15, -0.1) is 0 Å². The van der Waals surface area contributed by atoms with E-state index in [2.05, 4.69) is 46.2 Å². The molecule has 6 nitrogen and oxygen atoms in total. The van der Waals surface area contributed by atoms with E-state index in [1.165, 1.54) is 11.9 Å². The number of benzene rings is 1. The van der Waals surface area contributed by atoms with Crippen LogP contribution in [-0.2, 0) is 6.67 Å². The monoisotopic (exact) mass is 346 g/mol. The molecular formula is C15H18N6S2. The summed E-state index contributed by atoms with van der Waals surface area (Å²) in [5.74, 6) is 0. The molecule has 0 aliphatic heterocycles. The molecule has 1 atom stereocenters. The minimum Gasteiger partial charge on any atom is -0.281 e. The van der Waals surface area contributed by atoms with Gasteiger partial charge < -0.3 is 0 Å². The first kappa shape index (κ1) is 16.0. The van der Waals surface area contributed by atoms with Crippen molar-refractivity contribution in [2.24, 2.45) is 0 Å². The molecule has 3 rings (SSSR count). The summed E-state index contributed by atoms with van der Waals surface area (Å²) < 4.78 is 4.42. The van der Waals surface area contributed by atoms with Crippen molar-refractivity contribution in [3.8, 4) is 5.69 Å². The van der Waals surface area contributed by atoms with Gasteiger partial charge in [-0.2, -0.15) is 10.2 Å². The maximum atomic E-state index is 5.33. The van der Waals surface area contributed by atoms with Gasteiger partial charge in [-0.25, -0.2) is 14.3 Å². The Bertz CT molecular complexity index is 819. The Hall–Kier alpha value is -1.90. The van der Waals surface area contributed by atoms with Gasteiger partial charge >= 0.3 is 0 Å². The van der Waals surface area contributed by atoms with Crippen LogP contribution in [0.25, 0.3) is 5.69 Å². The average Bonchev–Trinajstić information content (AvgIpc) is 3.17. The van der Waals surface area contributed by atoms with Crippen LogP contribution in [0.15, 0.2) is 36.9 Å². The third kappa shape index (κ3) is 3.54. The van der Waals surface area contributed by atoms with Crippen LogP contribution in [0, 0.1) is 10.9 Å². The van der Waals surface area contributed by atoms with Crippen LogP contribution < -0.4 is 0 Å². The van der Waals surface area contributed by atoms with Gasteiger partial charge in [0.25, 0.3) is 0 Å². The lowest BCUT2D eigenvalue weighted by Gasteiger charge is -2.25. The summed E-state index contributed by atoms with van der Waals surface area (Å²) in [4.78, 5) is 6.19. The minimum absolute atomic E-state index is 0.253. The van der Waals surface area contributed by atoms with Gasteiger partial charge in [0.15, 0.2) is 3.95 Å². The van der Waals surface area contributed by atoms with Crippen LogP contribution in [0.3, 0.4) is 0 Å². The molecule has 0 fully saturated rings. The van der Waals surface area contributed by atoms with E-state index in [1.54, 1.807) is 22.3 Å². The molecule has 120 valence electrons. The van der Waals surface area contributed by atoms with Crippen LogP contribution in [-0.4, -0.2) is 36.5 Å². The Morgan fingerprint density at radius 2 is 2.04 bits per heavy atom. The first-order valence-corrected chi connectivity index (χ1v) is 8.47. The van der Waals surface area contributed by atoms with E-state index in [4.69, 9.17) is 12.2 Å². The third-order valence-corrected chi connectivity index (χ3v) is 5.01. The Kier molecular flexibility index (Phi) is 4.65. The zero-order valence-electron chi connectivity index (χ0n) is 13.2. The summed E-state index contributed by atoms with van der Waals surface area (Å²) in [7, 11) is 2.08. The number of nitrogens with zero attached hydrogens (tertiary/aromatic N) is 6. The topological polar surface area (TPSA) is 51.8 Å². The SMILES string of the molecule is Cc1nn(CN(C)[C@H](C)c2ccc(-n3cncn3)cc2)c(=S)s1. The summed E-state index contributed by atoms with van der Waals surface area (Å²) in [6, 6.07) is 8.58. The third-order valence-electron chi connectivity index (χ3n) is 3.78. The summed E-state index contributed by atoms with van der Waals surface area (Å²) in [5, 5.41) is 9.58. The summed E-state index contributed by atoms with van der Waals surface area (Å²) in [6.07, 6.45) is 3.22. The van der Waals surface area contributed by atoms with Gasteiger partial charge in [0.2, 0.25) is 0 Å². The zero-order chi connectivity index (χ0) is 16.4. The van der Waals surface area contributed by atoms with E-state index < -0.39 is 0 Å². The highest BCUT2D eigenvalue weighted by atomic mass is 32.1. The second-order valence-corrected chi connectivity index (χ2v) is 7.22. The lowest BCUT2D eigenvalue weighted by Crippen LogP contribution is -2.26. The maximum Gasteiger partial charge on any atom is 0.180 e. The van der Waals surface area contributed by atoms with Crippen molar-refractivity contribution in [1.29, 1.82) is 0 Å². The molecule has 0 aliphatic rings. The molecule has 0 saturated heterocycles. The summed E-state index contributed by atoms with van der Waals surface area (Å²) >= 11 is 6.88. The highest BCUT2D eigenvalue weighted by Crippen LogP contribution is 2.21.